The summed E-state index contributed by atoms with van der Waals surface area (Å²) in [7, 11) is 0. The molecular formula is C22H15F7N4O. The number of ether oxygens (including phenoxy) is 1. The normalized spacial score (nSPS) is 12.3. The van der Waals surface area contributed by atoms with Crippen LogP contribution < -0.4 is 0 Å². The second-order valence-electron chi connectivity index (χ2n) is 7.21. The number of hydrogen-bond acceptors (Lipinski definition) is 3. The molecule has 12 heteroatoms. The van der Waals surface area contributed by atoms with Gasteiger partial charge < -0.3 is 9.72 Å². The van der Waals surface area contributed by atoms with E-state index < -0.39 is 35.1 Å². The van der Waals surface area contributed by atoms with Gasteiger partial charge in [0.25, 0.3) is 0 Å². The molecule has 2 heterocycles. The highest BCUT2D eigenvalue weighted by molar-refractivity contribution is 5.59. The molecule has 2 aromatic heterocycles. The van der Waals surface area contributed by atoms with E-state index in [0.29, 0.717) is 24.3 Å². The van der Waals surface area contributed by atoms with Crippen molar-refractivity contribution in [3.8, 4) is 17.1 Å². The summed E-state index contributed by atoms with van der Waals surface area (Å²) in [6.45, 7) is -0.0585. The Bertz CT molecular complexity index is 1280. The Morgan fingerprint density at radius 1 is 0.882 bits per heavy atom. The molecule has 0 aliphatic carbocycles. The van der Waals surface area contributed by atoms with Gasteiger partial charge in [0.1, 0.15) is 23.8 Å². The minimum Gasteiger partial charge on any atom is -0.369 e. The number of aromatic amines is 1. The average molecular weight is 484 g/mol. The van der Waals surface area contributed by atoms with Crippen molar-refractivity contribution in [1.82, 2.24) is 19.7 Å². The summed E-state index contributed by atoms with van der Waals surface area (Å²) in [6.07, 6.45) is -8.52. The highest BCUT2D eigenvalue weighted by Gasteiger charge is 2.34. The van der Waals surface area contributed by atoms with Crippen molar-refractivity contribution >= 4 is 0 Å². The molecule has 0 radical (unpaired) electrons. The molecule has 178 valence electrons. The largest absolute Gasteiger partial charge is 0.431 e. The van der Waals surface area contributed by atoms with Crippen molar-refractivity contribution in [2.45, 2.75) is 25.6 Å². The van der Waals surface area contributed by atoms with Crippen molar-refractivity contribution in [2.24, 2.45) is 0 Å². The number of rotatable bonds is 6. The zero-order valence-electron chi connectivity index (χ0n) is 17.1. The molecule has 0 aliphatic heterocycles. The molecule has 0 bridgehead atoms. The fraction of sp³-hybridized carbons (Fsp3) is 0.182. The van der Waals surface area contributed by atoms with Crippen LogP contribution >= 0.6 is 0 Å². The molecule has 0 atom stereocenters. The van der Waals surface area contributed by atoms with E-state index >= 15 is 0 Å². The molecular weight excluding hydrogens is 469 g/mol. The van der Waals surface area contributed by atoms with Crippen LogP contribution in [-0.4, -0.2) is 19.7 Å². The molecule has 0 spiro atoms. The van der Waals surface area contributed by atoms with Gasteiger partial charge in [0.2, 0.25) is 0 Å². The quantitative estimate of drug-likeness (QED) is 0.334. The standard InChI is InChI=1S/C22H15F7N4O/c23-16-7-6-15(21(24,25)26)9-17(16)33-20(14-8-18(30-10-14)22(27,28)29)31-19(32-33)12-34-11-13-4-2-1-3-5-13/h1-10,30H,11-12H2. The first-order valence-electron chi connectivity index (χ1n) is 9.73. The molecule has 0 aliphatic rings. The zero-order chi connectivity index (χ0) is 24.5. The molecule has 34 heavy (non-hydrogen) atoms. The molecule has 4 aromatic rings. The van der Waals surface area contributed by atoms with Gasteiger partial charge in [-0.1, -0.05) is 30.3 Å². The van der Waals surface area contributed by atoms with E-state index in [-0.39, 0.29) is 30.4 Å². The molecule has 1 N–H and O–H groups in total. The summed E-state index contributed by atoms with van der Waals surface area (Å²) in [5.41, 5.74) is -2.21. The summed E-state index contributed by atoms with van der Waals surface area (Å²) in [5.74, 6) is -1.41. The van der Waals surface area contributed by atoms with Crippen molar-refractivity contribution in [1.29, 1.82) is 0 Å². The average Bonchev–Trinajstić information content (AvgIpc) is 3.41. The first-order chi connectivity index (χ1) is 16.0. The number of nitrogens with one attached hydrogen (secondary N) is 1. The maximum absolute atomic E-state index is 14.5. The number of benzene rings is 2. The lowest BCUT2D eigenvalue weighted by Crippen LogP contribution is -2.09. The number of nitrogens with zero attached hydrogens (tertiary/aromatic N) is 3. The van der Waals surface area contributed by atoms with Gasteiger partial charge in [-0.3, -0.25) is 0 Å². The molecule has 0 unspecified atom stereocenters. The van der Waals surface area contributed by atoms with Crippen molar-refractivity contribution in [3.05, 3.63) is 89.3 Å². The van der Waals surface area contributed by atoms with E-state index in [1.165, 1.54) is 0 Å². The minimum atomic E-state index is -4.78. The predicted octanol–water partition coefficient (Wildman–Crippen LogP) is 6.16. The van der Waals surface area contributed by atoms with Gasteiger partial charge in [0, 0.05) is 11.8 Å². The number of H-pyrrole nitrogens is 1. The first kappa shape index (κ1) is 23.5. The van der Waals surface area contributed by atoms with Gasteiger partial charge in [-0.05, 0) is 29.8 Å². The fourth-order valence-corrected chi connectivity index (χ4v) is 3.14. The summed E-state index contributed by atoms with van der Waals surface area (Å²) in [4.78, 5) is 6.14. The number of hydrogen-bond donors (Lipinski definition) is 1. The zero-order valence-corrected chi connectivity index (χ0v) is 17.1. The Labute approximate surface area is 187 Å². The smallest absolute Gasteiger partial charge is 0.369 e. The third-order valence-corrected chi connectivity index (χ3v) is 4.74. The van der Waals surface area contributed by atoms with Gasteiger partial charge in [-0.2, -0.15) is 26.3 Å². The molecule has 5 nitrogen and oxygen atoms in total. The monoisotopic (exact) mass is 484 g/mol. The molecule has 4 rings (SSSR count). The van der Waals surface area contributed by atoms with Crippen LogP contribution in [0.3, 0.4) is 0 Å². The summed E-state index contributed by atoms with van der Waals surface area (Å²) in [6, 6.07) is 11.4. The van der Waals surface area contributed by atoms with Gasteiger partial charge in [-0.15, -0.1) is 5.10 Å². The van der Waals surface area contributed by atoms with E-state index in [9.17, 15) is 30.7 Å². The molecule has 0 saturated carbocycles. The first-order valence-corrected chi connectivity index (χ1v) is 9.73. The maximum atomic E-state index is 14.5. The highest BCUT2D eigenvalue weighted by Crippen LogP contribution is 2.34. The maximum Gasteiger partial charge on any atom is 0.431 e. The Kier molecular flexibility index (Phi) is 6.17. The number of halogens is 7. The molecule has 2 aromatic carbocycles. The lowest BCUT2D eigenvalue weighted by atomic mass is 10.2. The summed E-state index contributed by atoms with van der Waals surface area (Å²) in [5, 5.41) is 4.02. The van der Waals surface area contributed by atoms with Crippen molar-refractivity contribution in [3.63, 3.8) is 0 Å². The molecule has 0 amide bonds. The second kappa shape index (κ2) is 8.93. The van der Waals surface area contributed by atoms with Crippen molar-refractivity contribution < 1.29 is 35.5 Å². The Balaban J connectivity index is 1.73. The van der Waals surface area contributed by atoms with E-state index in [2.05, 4.69) is 10.1 Å². The number of aromatic nitrogens is 4. The highest BCUT2D eigenvalue weighted by atomic mass is 19.4. The van der Waals surface area contributed by atoms with Crippen LogP contribution in [-0.2, 0) is 30.3 Å². The third kappa shape index (κ3) is 5.11. The van der Waals surface area contributed by atoms with Gasteiger partial charge in [0.15, 0.2) is 11.6 Å². The third-order valence-electron chi connectivity index (χ3n) is 4.74. The van der Waals surface area contributed by atoms with E-state index in [1.807, 2.05) is 11.1 Å². The van der Waals surface area contributed by atoms with Gasteiger partial charge in [0.05, 0.1) is 12.2 Å². The van der Waals surface area contributed by atoms with Crippen molar-refractivity contribution in [2.75, 3.05) is 0 Å². The van der Waals surface area contributed by atoms with Gasteiger partial charge in [-0.25, -0.2) is 14.1 Å². The number of alkyl halides is 6. The van der Waals surface area contributed by atoms with Gasteiger partial charge >= 0.3 is 12.4 Å². The predicted molar refractivity (Wildman–Crippen MR) is 106 cm³/mol. The molecule has 0 fully saturated rings. The lowest BCUT2D eigenvalue weighted by molar-refractivity contribution is -0.141. The second-order valence-corrected chi connectivity index (χ2v) is 7.21. The minimum absolute atomic E-state index is 0.0579. The summed E-state index contributed by atoms with van der Waals surface area (Å²) < 4.78 is 99.5. The Morgan fingerprint density at radius 3 is 2.26 bits per heavy atom. The van der Waals surface area contributed by atoms with Crippen LogP contribution in [0.5, 0.6) is 0 Å². The SMILES string of the molecule is Fc1ccc(C(F)(F)F)cc1-n1nc(COCc2ccccc2)nc1-c1c[nH]c(C(F)(F)F)c1. The fourth-order valence-electron chi connectivity index (χ4n) is 3.14. The van der Waals surface area contributed by atoms with Crippen LogP contribution in [0.2, 0.25) is 0 Å². The van der Waals surface area contributed by atoms with Crippen LogP contribution in [0.25, 0.3) is 17.1 Å². The van der Waals surface area contributed by atoms with Crippen LogP contribution in [0.15, 0.2) is 60.8 Å². The van der Waals surface area contributed by atoms with Crippen LogP contribution in [0, 0.1) is 5.82 Å². The van der Waals surface area contributed by atoms with E-state index in [4.69, 9.17) is 4.74 Å². The van der Waals surface area contributed by atoms with E-state index in [0.717, 1.165) is 16.4 Å². The van der Waals surface area contributed by atoms with Crippen LogP contribution in [0.1, 0.15) is 22.6 Å². The topological polar surface area (TPSA) is 55.7 Å². The van der Waals surface area contributed by atoms with E-state index in [1.54, 1.807) is 24.3 Å². The molecule has 0 saturated heterocycles. The van der Waals surface area contributed by atoms with Crippen LogP contribution in [0.4, 0.5) is 30.7 Å². The Morgan fingerprint density at radius 2 is 1.62 bits per heavy atom. The summed E-state index contributed by atoms with van der Waals surface area (Å²) >= 11 is 0. The Hall–Kier alpha value is -3.67. The lowest BCUT2D eigenvalue weighted by Gasteiger charge is -2.11.